The average molecular weight is 532 g/mol. The summed E-state index contributed by atoms with van der Waals surface area (Å²) < 4.78 is 52.7. The van der Waals surface area contributed by atoms with Crippen molar-refractivity contribution < 1.29 is 27.4 Å². The van der Waals surface area contributed by atoms with E-state index < -0.39 is 17.6 Å². The minimum Gasteiger partial charge on any atom is -0.494 e. The first-order valence-electron chi connectivity index (χ1n) is 12.1. The van der Waals surface area contributed by atoms with Gasteiger partial charge in [0, 0.05) is 24.9 Å². The van der Waals surface area contributed by atoms with Gasteiger partial charge in [0.1, 0.15) is 23.9 Å². The number of rotatable bonds is 12. The number of benzene rings is 2. The number of alkyl halides is 3. The van der Waals surface area contributed by atoms with Crippen LogP contribution in [0.15, 0.2) is 48.7 Å². The number of aryl methyl sites for hydroxylation is 1. The highest BCUT2D eigenvalue weighted by atomic mass is 19.4. The molecular weight excluding hydrogens is 499 g/mol. The topological polar surface area (TPSA) is 102 Å². The first kappa shape index (κ1) is 28.6. The second kappa shape index (κ2) is 12.5. The van der Waals surface area contributed by atoms with Crippen molar-refractivity contribution in [2.24, 2.45) is 5.73 Å². The molecule has 11 heteroatoms. The maximum atomic E-state index is 13.8. The summed E-state index contributed by atoms with van der Waals surface area (Å²) in [6.45, 7) is 8.96. The van der Waals surface area contributed by atoms with Crippen LogP contribution in [0.25, 0.3) is 0 Å². The molecule has 0 aliphatic rings. The molecule has 8 nitrogen and oxygen atoms in total. The highest BCUT2D eigenvalue weighted by molar-refractivity contribution is 6.00. The predicted octanol–water partition coefficient (Wildman–Crippen LogP) is 5.72. The van der Waals surface area contributed by atoms with E-state index in [9.17, 15) is 18.0 Å². The van der Waals surface area contributed by atoms with Gasteiger partial charge in [0.25, 0.3) is 5.91 Å². The molecule has 204 valence electrons. The van der Waals surface area contributed by atoms with E-state index >= 15 is 0 Å². The monoisotopic (exact) mass is 531 g/mol. The summed E-state index contributed by atoms with van der Waals surface area (Å²) in [6, 6.07) is 11.1. The van der Waals surface area contributed by atoms with Gasteiger partial charge in [0.2, 0.25) is 0 Å². The van der Waals surface area contributed by atoms with Gasteiger partial charge in [0.15, 0.2) is 0 Å². The minimum absolute atomic E-state index is 0.0719. The van der Waals surface area contributed by atoms with Crippen molar-refractivity contribution >= 4 is 28.8 Å². The maximum Gasteiger partial charge on any atom is 0.419 e. The van der Waals surface area contributed by atoms with Crippen molar-refractivity contribution in [1.29, 1.82) is 0 Å². The SMILES string of the molecule is CCN(CC)CCOc1ccc(Nc2cc(Nc3c(C)cccc3C(N)=O)c(C(F)(F)F)cn2)c(OC)c1. The number of halogens is 3. The quantitative estimate of drug-likeness (QED) is 0.275. The molecular formula is C27H32F3N5O3. The zero-order valence-corrected chi connectivity index (χ0v) is 21.8. The molecule has 0 bridgehead atoms. The number of methoxy groups -OCH3 is 1. The highest BCUT2D eigenvalue weighted by Crippen LogP contribution is 2.39. The number of nitrogens with one attached hydrogen (secondary N) is 2. The number of anilines is 4. The minimum atomic E-state index is -4.69. The molecule has 0 saturated heterocycles. The number of ether oxygens (including phenoxy) is 2. The summed E-state index contributed by atoms with van der Waals surface area (Å²) in [6.07, 6.45) is -3.96. The number of hydrogen-bond donors (Lipinski definition) is 3. The summed E-state index contributed by atoms with van der Waals surface area (Å²) in [5.41, 5.74) is 5.45. The van der Waals surface area contributed by atoms with Crippen molar-refractivity contribution in [3.63, 3.8) is 0 Å². The van der Waals surface area contributed by atoms with Gasteiger partial charge >= 0.3 is 6.18 Å². The van der Waals surface area contributed by atoms with Gasteiger partial charge in [-0.2, -0.15) is 13.2 Å². The Hall–Kier alpha value is -3.99. The van der Waals surface area contributed by atoms with Gasteiger partial charge in [0.05, 0.1) is 35.3 Å². The van der Waals surface area contributed by atoms with Crippen molar-refractivity contribution in [3.8, 4) is 11.5 Å². The summed E-state index contributed by atoms with van der Waals surface area (Å²) in [4.78, 5) is 18.1. The van der Waals surface area contributed by atoms with Crippen LogP contribution in [0.5, 0.6) is 11.5 Å². The van der Waals surface area contributed by atoms with Crippen molar-refractivity contribution in [3.05, 3.63) is 65.4 Å². The molecule has 0 radical (unpaired) electrons. The van der Waals surface area contributed by atoms with Gasteiger partial charge in [-0.15, -0.1) is 0 Å². The molecule has 1 amide bonds. The predicted molar refractivity (Wildman–Crippen MR) is 142 cm³/mol. The largest absolute Gasteiger partial charge is 0.494 e. The Labute approximate surface area is 219 Å². The smallest absolute Gasteiger partial charge is 0.419 e. The number of para-hydroxylation sites is 1. The Balaban J connectivity index is 1.89. The molecule has 0 atom stereocenters. The number of primary amides is 1. The van der Waals surface area contributed by atoms with Crippen LogP contribution in [0.4, 0.5) is 36.1 Å². The normalized spacial score (nSPS) is 11.4. The van der Waals surface area contributed by atoms with E-state index in [1.807, 2.05) is 0 Å². The van der Waals surface area contributed by atoms with Crippen LogP contribution in [0.3, 0.4) is 0 Å². The molecule has 1 heterocycles. The lowest BCUT2D eigenvalue weighted by atomic mass is 10.1. The molecule has 3 rings (SSSR count). The Morgan fingerprint density at radius 1 is 1.08 bits per heavy atom. The highest BCUT2D eigenvalue weighted by Gasteiger charge is 2.34. The number of likely N-dealkylation sites (N-methyl/N-ethyl adjacent to an activating group) is 1. The van der Waals surface area contributed by atoms with Crippen LogP contribution >= 0.6 is 0 Å². The van der Waals surface area contributed by atoms with E-state index in [2.05, 4.69) is 34.4 Å². The van der Waals surface area contributed by atoms with E-state index in [-0.39, 0.29) is 22.8 Å². The van der Waals surface area contributed by atoms with Gasteiger partial charge in [-0.3, -0.25) is 4.79 Å². The lowest BCUT2D eigenvalue weighted by Crippen LogP contribution is -2.27. The van der Waals surface area contributed by atoms with E-state index in [4.69, 9.17) is 15.2 Å². The fourth-order valence-electron chi connectivity index (χ4n) is 3.86. The molecule has 4 N–H and O–H groups in total. The van der Waals surface area contributed by atoms with Crippen molar-refractivity contribution in [2.75, 3.05) is 44.0 Å². The molecule has 0 spiro atoms. The molecule has 0 aliphatic heterocycles. The van der Waals surface area contributed by atoms with Gasteiger partial charge in [-0.1, -0.05) is 26.0 Å². The molecule has 2 aromatic carbocycles. The molecule has 0 saturated carbocycles. The number of carbonyl (C=O) groups excluding carboxylic acids is 1. The van der Waals surface area contributed by atoms with Crippen LogP contribution in [-0.2, 0) is 6.18 Å². The number of aromatic nitrogens is 1. The molecule has 38 heavy (non-hydrogen) atoms. The maximum absolute atomic E-state index is 13.8. The van der Waals surface area contributed by atoms with E-state index in [0.717, 1.165) is 25.8 Å². The molecule has 0 aliphatic carbocycles. The zero-order valence-electron chi connectivity index (χ0n) is 21.8. The summed E-state index contributed by atoms with van der Waals surface area (Å²) in [5, 5.41) is 5.75. The Kier molecular flexibility index (Phi) is 9.40. The van der Waals surface area contributed by atoms with Gasteiger partial charge in [-0.05, 0) is 43.8 Å². The summed E-state index contributed by atoms with van der Waals surface area (Å²) in [7, 11) is 1.48. The third-order valence-electron chi connectivity index (χ3n) is 6.01. The molecule has 0 fully saturated rings. The lowest BCUT2D eigenvalue weighted by Gasteiger charge is -2.19. The number of hydrogen-bond acceptors (Lipinski definition) is 7. The first-order valence-corrected chi connectivity index (χ1v) is 12.1. The fourth-order valence-corrected chi connectivity index (χ4v) is 3.86. The Morgan fingerprint density at radius 3 is 2.45 bits per heavy atom. The zero-order chi connectivity index (χ0) is 27.9. The van der Waals surface area contributed by atoms with Gasteiger partial charge in [-0.25, -0.2) is 4.98 Å². The lowest BCUT2D eigenvalue weighted by molar-refractivity contribution is -0.137. The Morgan fingerprint density at radius 2 is 1.82 bits per heavy atom. The summed E-state index contributed by atoms with van der Waals surface area (Å²) >= 11 is 0. The standard InChI is InChI=1S/C27H32F3N5O3/c1-5-35(6-2)12-13-38-18-10-11-21(23(14-18)37-4)33-24-15-22(20(16-32-24)27(28,29)30)34-25-17(3)8-7-9-19(25)26(31)36/h7-11,14-16H,5-6,12-13H2,1-4H3,(H2,31,36)(H2,32,33,34). The van der Waals surface area contributed by atoms with Gasteiger partial charge < -0.3 is 30.7 Å². The van der Waals surface area contributed by atoms with Crippen LogP contribution in [0.2, 0.25) is 0 Å². The van der Waals surface area contributed by atoms with Crippen molar-refractivity contribution in [2.45, 2.75) is 26.9 Å². The van der Waals surface area contributed by atoms with Crippen LogP contribution < -0.4 is 25.8 Å². The first-order chi connectivity index (χ1) is 18.1. The number of pyridine rings is 1. The second-order valence-electron chi connectivity index (χ2n) is 8.46. The molecule has 0 unspecified atom stereocenters. The molecule has 1 aromatic heterocycles. The summed E-state index contributed by atoms with van der Waals surface area (Å²) in [5.74, 6) is 0.391. The Bertz CT molecular complexity index is 1260. The van der Waals surface area contributed by atoms with Crippen LogP contribution in [0.1, 0.15) is 35.3 Å². The second-order valence-corrected chi connectivity index (χ2v) is 8.46. The number of nitrogens with two attached hydrogens (primary N) is 1. The number of nitrogens with zero attached hydrogens (tertiary/aromatic N) is 2. The average Bonchev–Trinajstić information content (AvgIpc) is 2.87. The third kappa shape index (κ3) is 7.06. The van der Waals surface area contributed by atoms with E-state index in [0.29, 0.717) is 29.4 Å². The number of amides is 1. The van der Waals surface area contributed by atoms with Crippen LogP contribution in [0, 0.1) is 6.92 Å². The molecule has 3 aromatic rings. The number of carbonyl (C=O) groups is 1. The fraction of sp³-hybridized carbons (Fsp3) is 0.333. The third-order valence-corrected chi connectivity index (χ3v) is 6.01. The van der Waals surface area contributed by atoms with Crippen molar-refractivity contribution in [1.82, 2.24) is 9.88 Å². The van der Waals surface area contributed by atoms with Crippen LogP contribution in [-0.4, -0.2) is 49.1 Å². The van der Waals surface area contributed by atoms with E-state index in [1.54, 1.807) is 37.3 Å². The van der Waals surface area contributed by atoms with E-state index in [1.165, 1.54) is 19.2 Å².